The molecule has 4 rings (SSSR count). The summed E-state index contributed by atoms with van der Waals surface area (Å²) in [7, 11) is 0. The van der Waals surface area contributed by atoms with Gasteiger partial charge in [0, 0.05) is 11.1 Å². The second-order valence-electron chi connectivity index (χ2n) is 7.02. The zero-order chi connectivity index (χ0) is 19.5. The lowest BCUT2D eigenvalue weighted by atomic mass is 10.1. The van der Waals surface area contributed by atoms with E-state index in [-0.39, 0.29) is 0 Å². The zero-order valence-electron chi connectivity index (χ0n) is 16.3. The number of hydrogen-bond acceptors (Lipinski definition) is 4. The van der Waals surface area contributed by atoms with Crippen LogP contribution in [0.1, 0.15) is 22.3 Å². The van der Waals surface area contributed by atoms with Crippen LogP contribution < -0.4 is 4.74 Å². The minimum absolute atomic E-state index is 0.522. The highest BCUT2D eigenvalue weighted by Crippen LogP contribution is 2.25. The van der Waals surface area contributed by atoms with Crippen LogP contribution in [-0.4, -0.2) is 10.1 Å². The van der Waals surface area contributed by atoms with Gasteiger partial charge in [0.2, 0.25) is 5.82 Å². The fourth-order valence-corrected chi connectivity index (χ4v) is 3.00. The van der Waals surface area contributed by atoms with Crippen LogP contribution in [0.25, 0.3) is 22.8 Å². The number of nitrogens with zero attached hydrogens (tertiary/aromatic N) is 2. The Morgan fingerprint density at radius 1 is 0.821 bits per heavy atom. The van der Waals surface area contributed by atoms with E-state index in [9.17, 15) is 0 Å². The van der Waals surface area contributed by atoms with E-state index >= 15 is 0 Å². The summed E-state index contributed by atoms with van der Waals surface area (Å²) in [5.41, 5.74) is 6.69. The molecule has 0 fully saturated rings. The number of aromatic nitrogens is 2. The Balaban J connectivity index is 1.45. The maximum absolute atomic E-state index is 5.90. The summed E-state index contributed by atoms with van der Waals surface area (Å²) in [5, 5.41) is 4.11. The van der Waals surface area contributed by atoms with Crippen molar-refractivity contribution in [3.8, 4) is 28.6 Å². The molecule has 1 aromatic heterocycles. The highest BCUT2D eigenvalue weighted by atomic mass is 16.5. The molecule has 28 heavy (non-hydrogen) atoms. The quantitative estimate of drug-likeness (QED) is 0.438. The molecule has 140 valence electrons. The van der Waals surface area contributed by atoms with Crippen molar-refractivity contribution < 1.29 is 9.26 Å². The minimum Gasteiger partial charge on any atom is -0.489 e. The van der Waals surface area contributed by atoms with E-state index in [1.54, 1.807) is 0 Å². The number of benzene rings is 3. The first-order valence-electron chi connectivity index (χ1n) is 9.28. The molecule has 0 bridgehead atoms. The second-order valence-corrected chi connectivity index (χ2v) is 7.02. The van der Waals surface area contributed by atoms with E-state index in [1.807, 2.05) is 55.5 Å². The Hall–Kier alpha value is -3.40. The zero-order valence-corrected chi connectivity index (χ0v) is 16.3. The molecule has 0 amide bonds. The topological polar surface area (TPSA) is 48.2 Å². The first-order chi connectivity index (χ1) is 13.6. The molecule has 3 aromatic carbocycles. The minimum atomic E-state index is 0.522. The third-order valence-corrected chi connectivity index (χ3v) is 4.78. The van der Waals surface area contributed by atoms with Gasteiger partial charge in [-0.15, -0.1) is 0 Å². The van der Waals surface area contributed by atoms with Crippen LogP contribution in [0, 0.1) is 20.8 Å². The molecular weight excluding hydrogens is 348 g/mol. The van der Waals surface area contributed by atoms with E-state index in [0.717, 1.165) is 28.0 Å². The van der Waals surface area contributed by atoms with Crippen LogP contribution in [0.2, 0.25) is 0 Å². The van der Waals surface area contributed by atoms with Gasteiger partial charge in [0.05, 0.1) is 0 Å². The number of aryl methyl sites for hydroxylation is 3. The summed E-state index contributed by atoms with van der Waals surface area (Å²) in [4.78, 5) is 4.51. The Morgan fingerprint density at radius 3 is 2.39 bits per heavy atom. The third-order valence-electron chi connectivity index (χ3n) is 4.78. The number of ether oxygens (including phenoxy) is 1. The van der Waals surface area contributed by atoms with Gasteiger partial charge in [-0.3, -0.25) is 0 Å². The summed E-state index contributed by atoms with van der Waals surface area (Å²) in [6, 6.07) is 22.2. The van der Waals surface area contributed by atoms with Crippen LogP contribution in [-0.2, 0) is 6.61 Å². The van der Waals surface area contributed by atoms with Crippen molar-refractivity contribution in [2.24, 2.45) is 0 Å². The molecule has 0 unspecified atom stereocenters. The maximum Gasteiger partial charge on any atom is 0.258 e. The van der Waals surface area contributed by atoms with Gasteiger partial charge in [-0.25, -0.2) is 0 Å². The van der Waals surface area contributed by atoms with Crippen molar-refractivity contribution in [2.45, 2.75) is 27.4 Å². The third kappa shape index (κ3) is 3.96. The van der Waals surface area contributed by atoms with Gasteiger partial charge in [-0.1, -0.05) is 41.1 Å². The predicted molar refractivity (Wildman–Crippen MR) is 110 cm³/mol. The molecule has 0 aliphatic carbocycles. The maximum atomic E-state index is 5.90. The Morgan fingerprint density at radius 2 is 1.64 bits per heavy atom. The molecule has 0 aliphatic heterocycles. The summed E-state index contributed by atoms with van der Waals surface area (Å²) in [6.07, 6.45) is 0. The van der Waals surface area contributed by atoms with Crippen molar-refractivity contribution in [3.63, 3.8) is 0 Å². The van der Waals surface area contributed by atoms with Crippen molar-refractivity contribution in [3.05, 3.63) is 89.0 Å². The summed E-state index contributed by atoms with van der Waals surface area (Å²) >= 11 is 0. The molecule has 0 saturated heterocycles. The van der Waals surface area contributed by atoms with Gasteiger partial charge in [-0.2, -0.15) is 4.98 Å². The van der Waals surface area contributed by atoms with Crippen molar-refractivity contribution in [2.75, 3.05) is 0 Å². The molecular formula is C24H22N2O2. The average Bonchev–Trinajstić information content (AvgIpc) is 3.20. The van der Waals surface area contributed by atoms with Gasteiger partial charge in [-0.05, 0) is 73.9 Å². The normalized spacial score (nSPS) is 10.8. The van der Waals surface area contributed by atoms with Crippen molar-refractivity contribution in [1.29, 1.82) is 0 Å². The van der Waals surface area contributed by atoms with Gasteiger partial charge in [0.25, 0.3) is 5.89 Å². The lowest BCUT2D eigenvalue weighted by Gasteiger charge is -2.08. The molecule has 0 saturated carbocycles. The molecule has 4 nitrogen and oxygen atoms in total. The summed E-state index contributed by atoms with van der Waals surface area (Å²) in [6.45, 7) is 6.81. The van der Waals surface area contributed by atoms with Crippen LogP contribution in [0.15, 0.2) is 71.3 Å². The SMILES string of the molecule is Cc1cccc(-c2nc(-c3ccc(OCc4ccc(C)c(C)c4)cc3)no2)c1. The van der Waals surface area contributed by atoms with Crippen LogP contribution >= 0.6 is 0 Å². The molecule has 0 spiro atoms. The molecule has 0 N–H and O–H groups in total. The van der Waals surface area contributed by atoms with E-state index in [1.165, 1.54) is 11.1 Å². The fourth-order valence-electron chi connectivity index (χ4n) is 3.00. The van der Waals surface area contributed by atoms with E-state index in [4.69, 9.17) is 9.26 Å². The largest absolute Gasteiger partial charge is 0.489 e. The summed E-state index contributed by atoms with van der Waals surface area (Å²) in [5.74, 6) is 1.90. The van der Waals surface area contributed by atoms with E-state index < -0.39 is 0 Å². The molecule has 0 atom stereocenters. The number of hydrogen-bond donors (Lipinski definition) is 0. The Kier molecular flexibility index (Phi) is 4.94. The molecule has 4 heteroatoms. The standard InChI is InChI=1S/C24H22N2O2/c1-16-5-4-6-21(13-16)24-25-23(26-28-24)20-9-11-22(12-10-20)27-15-19-8-7-17(2)18(3)14-19/h4-14H,15H2,1-3H3. The monoisotopic (exact) mass is 370 g/mol. The van der Waals surface area contributed by atoms with Gasteiger partial charge >= 0.3 is 0 Å². The van der Waals surface area contributed by atoms with Gasteiger partial charge < -0.3 is 9.26 Å². The molecule has 1 heterocycles. The van der Waals surface area contributed by atoms with Crippen LogP contribution in [0.4, 0.5) is 0 Å². The first kappa shape index (κ1) is 18.0. The molecule has 0 radical (unpaired) electrons. The van der Waals surface area contributed by atoms with Crippen LogP contribution in [0.5, 0.6) is 5.75 Å². The van der Waals surface area contributed by atoms with Crippen molar-refractivity contribution >= 4 is 0 Å². The highest BCUT2D eigenvalue weighted by molar-refractivity contribution is 5.60. The Labute approximate surface area is 164 Å². The fraction of sp³-hybridized carbons (Fsp3) is 0.167. The lowest BCUT2D eigenvalue weighted by Crippen LogP contribution is -1.96. The van der Waals surface area contributed by atoms with Gasteiger partial charge in [0.15, 0.2) is 0 Å². The second kappa shape index (κ2) is 7.69. The Bertz CT molecular complexity index is 1100. The first-order valence-corrected chi connectivity index (χ1v) is 9.28. The van der Waals surface area contributed by atoms with Crippen LogP contribution in [0.3, 0.4) is 0 Å². The van der Waals surface area contributed by atoms with E-state index in [2.05, 4.69) is 42.2 Å². The lowest BCUT2D eigenvalue weighted by molar-refractivity contribution is 0.306. The summed E-state index contributed by atoms with van der Waals surface area (Å²) < 4.78 is 11.3. The molecule has 0 aliphatic rings. The average molecular weight is 370 g/mol. The van der Waals surface area contributed by atoms with Crippen molar-refractivity contribution in [1.82, 2.24) is 10.1 Å². The predicted octanol–water partition coefficient (Wildman–Crippen LogP) is 5.91. The van der Waals surface area contributed by atoms with Gasteiger partial charge in [0.1, 0.15) is 12.4 Å². The molecule has 4 aromatic rings. The smallest absolute Gasteiger partial charge is 0.258 e. The van der Waals surface area contributed by atoms with E-state index in [0.29, 0.717) is 18.3 Å². The highest BCUT2D eigenvalue weighted by Gasteiger charge is 2.11. The number of rotatable bonds is 5.